The quantitative estimate of drug-likeness (QED) is 0.860. The maximum Gasteiger partial charge on any atom is 0.0270 e. The summed E-state index contributed by atoms with van der Waals surface area (Å²) in [6.07, 6.45) is 9.82. The number of hydrogen-bond donors (Lipinski definition) is 1. The summed E-state index contributed by atoms with van der Waals surface area (Å²) in [7, 11) is 0. The molecule has 0 spiro atoms. The van der Waals surface area contributed by atoms with Crippen molar-refractivity contribution < 1.29 is 0 Å². The van der Waals surface area contributed by atoms with Gasteiger partial charge < -0.3 is 5.32 Å². The fraction of sp³-hybridized carbons (Fsp3) is 0.688. The average Bonchev–Trinajstić information content (AvgIpc) is 3.03. The molecule has 18 heavy (non-hydrogen) atoms. The second-order valence-corrected chi connectivity index (χ2v) is 6.03. The standard InChI is InChI=1S/C16H24N2/c1-2-17-11-16(13-5-7-18-8-6-13)15-10-12-3-4-14(15)9-12/h5-8,12,14-17H,2-4,9-11H2,1H3. The number of rotatable bonds is 5. The van der Waals surface area contributed by atoms with Crippen LogP contribution in [0.2, 0.25) is 0 Å². The van der Waals surface area contributed by atoms with Crippen molar-refractivity contribution >= 4 is 0 Å². The zero-order valence-corrected chi connectivity index (χ0v) is 11.3. The first kappa shape index (κ1) is 12.2. The summed E-state index contributed by atoms with van der Waals surface area (Å²) in [4.78, 5) is 4.16. The van der Waals surface area contributed by atoms with E-state index in [0.29, 0.717) is 5.92 Å². The molecule has 1 aromatic rings. The van der Waals surface area contributed by atoms with Gasteiger partial charge in [-0.2, -0.15) is 0 Å². The molecule has 2 aliphatic carbocycles. The summed E-state index contributed by atoms with van der Waals surface area (Å²) in [6, 6.07) is 4.43. The number of pyridine rings is 1. The first-order chi connectivity index (χ1) is 8.88. The second-order valence-electron chi connectivity index (χ2n) is 6.03. The maximum atomic E-state index is 4.16. The van der Waals surface area contributed by atoms with Crippen LogP contribution in [0.4, 0.5) is 0 Å². The van der Waals surface area contributed by atoms with Crippen molar-refractivity contribution in [1.82, 2.24) is 10.3 Å². The van der Waals surface area contributed by atoms with Gasteiger partial charge in [0.05, 0.1) is 0 Å². The summed E-state index contributed by atoms with van der Waals surface area (Å²) < 4.78 is 0. The Labute approximate surface area is 110 Å². The van der Waals surface area contributed by atoms with Crippen LogP contribution in [-0.4, -0.2) is 18.1 Å². The number of aromatic nitrogens is 1. The van der Waals surface area contributed by atoms with Crippen molar-refractivity contribution in [2.75, 3.05) is 13.1 Å². The van der Waals surface area contributed by atoms with Crippen molar-refractivity contribution in [3.63, 3.8) is 0 Å². The molecular weight excluding hydrogens is 220 g/mol. The van der Waals surface area contributed by atoms with E-state index < -0.39 is 0 Å². The Hall–Kier alpha value is -0.890. The van der Waals surface area contributed by atoms with Crippen molar-refractivity contribution in [3.8, 4) is 0 Å². The van der Waals surface area contributed by atoms with E-state index in [1.54, 1.807) is 0 Å². The second kappa shape index (κ2) is 5.40. The molecule has 4 unspecified atom stereocenters. The molecule has 2 bridgehead atoms. The van der Waals surface area contributed by atoms with Gasteiger partial charge in [-0.05, 0) is 67.2 Å². The van der Waals surface area contributed by atoms with E-state index in [2.05, 4.69) is 29.4 Å². The Bertz CT molecular complexity index is 376. The fourth-order valence-corrected chi connectivity index (χ4v) is 4.21. The summed E-state index contributed by atoms with van der Waals surface area (Å²) >= 11 is 0. The maximum absolute atomic E-state index is 4.16. The van der Waals surface area contributed by atoms with Crippen molar-refractivity contribution in [2.24, 2.45) is 17.8 Å². The molecule has 2 aliphatic rings. The molecule has 0 aliphatic heterocycles. The van der Waals surface area contributed by atoms with Gasteiger partial charge in [0.2, 0.25) is 0 Å². The molecular formula is C16H24N2. The number of nitrogens with one attached hydrogen (secondary N) is 1. The van der Waals surface area contributed by atoms with Crippen LogP contribution in [0.5, 0.6) is 0 Å². The summed E-state index contributed by atoms with van der Waals surface area (Å²) in [5.41, 5.74) is 1.49. The first-order valence-corrected chi connectivity index (χ1v) is 7.49. The lowest BCUT2D eigenvalue weighted by Crippen LogP contribution is -2.29. The minimum atomic E-state index is 0.697. The van der Waals surface area contributed by atoms with Gasteiger partial charge in [-0.25, -0.2) is 0 Å². The molecule has 0 saturated heterocycles. The van der Waals surface area contributed by atoms with E-state index in [1.807, 2.05) is 12.4 Å². The molecule has 1 N–H and O–H groups in total. The molecule has 2 saturated carbocycles. The average molecular weight is 244 g/mol. The summed E-state index contributed by atoms with van der Waals surface area (Å²) in [5.74, 6) is 3.63. The van der Waals surface area contributed by atoms with Gasteiger partial charge in [0.25, 0.3) is 0 Å². The highest BCUT2D eigenvalue weighted by molar-refractivity contribution is 5.19. The van der Waals surface area contributed by atoms with E-state index in [9.17, 15) is 0 Å². The summed E-state index contributed by atoms with van der Waals surface area (Å²) in [6.45, 7) is 4.40. The van der Waals surface area contributed by atoms with Crippen LogP contribution in [0, 0.1) is 17.8 Å². The van der Waals surface area contributed by atoms with E-state index in [-0.39, 0.29) is 0 Å². The van der Waals surface area contributed by atoms with Crippen LogP contribution >= 0.6 is 0 Å². The van der Waals surface area contributed by atoms with Crippen molar-refractivity contribution in [2.45, 2.75) is 38.5 Å². The van der Waals surface area contributed by atoms with Gasteiger partial charge in [0.1, 0.15) is 0 Å². The molecule has 0 radical (unpaired) electrons. The van der Waals surface area contributed by atoms with E-state index >= 15 is 0 Å². The lowest BCUT2D eigenvalue weighted by molar-refractivity contribution is 0.275. The Kier molecular flexibility index (Phi) is 3.64. The Morgan fingerprint density at radius 1 is 1.28 bits per heavy atom. The normalized spacial score (nSPS) is 31.7. The van der Waals surface area contributed by atoms with Crippen LogP contribution in [0.1, 0.15) is 44.1 Å². The number of hydrogen-bond acceptors (Lipinski definition) is 2. The van der Waals surface area contributed by atoms with E-state index in [1.165, 1.54) is 31.2 Å². The van der Waals surface area contributed by atoms with Crippen LogP contribution in [-0.2, 0) is 0 Å². The predicted octanol–water partition coefficient (Wildman–Crippen LogP) is 3.21. The molecule has 98 valence electrons. The van der Waals surface area contributed by atoms with Crippen LogP contribution in [0.15, 0.2) is 24.5 Å². The third kappa shape index (κ3) is 2.31. The molecule has 0 amide bonds. The highest BCUT2D eigenvalue weighted by Gasteiger charge is 2.43. The predicted molar refractivity (Wildman–Crippen MR) is 74.5 cm³/mol. The lowest BCUT2D eigenvalue weighted by atomic mass is 9.76. The van der Waals surface area contributed by atoms with E-state index in [4.69, 9.17) is 0 Å². The third-order valence-corrected chi connectivity index (χ3v) is 5.06. The Morgan fingerprint density at radius 2 is 2.11 bits per heavy atom. The van der Waals surface area contributed by atoms with Gasteiger partial charge in [0.15, 0.2) is 0 Å². The highest BCUT2D eigenvalue weighted by Crippen LogP contribution is 2.53. The topological polar surface area (TPSA) is 24.9 Å². The Morgan fingerprint density at radius 3 is 2.72 bits per heavy atom. The van der Waals surface area contributed by atoms with Gasteiger partial charge in [-0.1, -0.05) is 13.3 Å². The third-order valence-electron chi connectivity index (χ3n) is 5.06. The molecule has 1 heterocycles. The fourth-order valence-electron chi connectivity index (χ4n) is 4.21. The van der Waals surface area contributed by atoms with Gasteiger partial charge >= 0.3 is 0 Å². The van der Waals surface area contributed by atoms with Gasteiger partial charge in [0, 0.05) is 18.9 Å². The molecule has 3 rings (SSSR count). The number of nitrogens with zero attached hydrogens (tertiary/aromatic N) is 1. The smallest absolute Gasteiger partial charge is 0.0270 e. The van der Waals surface area contributed by atoms with Crippen LogP contribution in [0.3, 0.4) is 0 Å². The van der Waals surface area contributed by atoms with Crippen LogP contribution < -0.4 is 5.32 Å². The number of fused-ring (bicyclic) bond motifs is 2. The largest absolute Gasteiger partial charge is 0.316 e. The molecule has 4 atom stereocenters. The molecule has 1 aromatic heterocycles. The zero-order valence-electron chi connectivity index (χ0n) is 11.3. The van der Waals surface area contributed by atoms with Crippen molar-refractivity contribution in [3.05, 3.63) is 30.1 Å². The monoisotopic (exact) mass is 244 g/mol. The minimum absolute atomic E-state index is 0.697. The van der Waals surface area contributed by atoms with E-state index in [0.717, 1.165) is 30.8 Å². The molecule has 2 fully saturated rings. The van der Waals surface area contributed by atoms with Gasteiger partial charge in [-0.15, -0.1) is 0 Å². The van der Waals surface area contributed by atoms with Gasteiger partial charge in [-0.3, -0.25) is 4.98 Å². The molecule has 0 aromatic carbocycles. The SMILES string of the molecule is CCNCC(c1ccncc1)C1CC2CCC1C2. The molecule has 2 nitrogen and oxygen atoms in total. The first-order valence-electron chi connectivity index (χ1n) is 7.49. The lowest BCUT2D eigenvalue weighted by Gasteiger charge is -2.31. The minimum Gasteiger partial charge on any atom is -0.316 e. The van der Waals surface area contributed by atoms with Crippen molar-refractivity contribution in [1.29, 1.82) is 0 Å². The highest BCUT2D eigenvalue weighted by atomic mass is 14.8. The molecule has 2 heteroatoms. The Balaban J connectivity index is 1.77. The zero-order chi connectivity index (χ0) is 12.4. The van der Waals surface area contributed by atoms with Crippen LogP contribution in [0.25, 0.3) is 0 Å². The number of likely N-dealkylation sites (N-methyl/N-ethyl adjacent to an activating group) is 1. The summed E-state index contributed by atoms with van der Waals surface area (Å²) in [5, 5.41) is 3.56.